The summed E-state index contributed by atoms with van der Waals surface area (Å²) >= 11 is 0. The fourth-order valence-electron chi connectivity index (χ4n) is 5.52. The van der Waals surface area contributed by atoms with E-state index in [1.54, 1.807) is 16.4 Å². The van der Waals surface area contributed by atoms with Gasteiger partial charge in [-0.05, 0) is 63.1 Å². The highest BCUT2D eigenvalue weighted by Gasteiger charge is 2.42. The second-order valence-corrected chi connectivity index (χ2v) is 11.7. The Labute approximate surface area is 203 Å². The molecule has 2 aliphatic heterocycles. The number of esters is 1. The molecule has 1 saturated carbocycles. The first-order valence-corrected chi connectivity index (χ1v) is 14.1. The van der Waals surface area contributed by atoms with Gasteiger partial charge < -0.3 is 15.0 Å². The highest BCUT2D eigenvalue weighted by Crippen LogP contribution is 2.34. The Morgan fingerprint density at radius 2 is 1.47 bits per heavy atom. The van der Waals surface area contributed by atoms with Crippen molar-refractivity contribution in [2.24, 2.45) is 0 Å². The number of amides is 1. The summed E-state index contributed by atoms with van der Waals surface area (Å²) in [5.41, 5.74) is -0.131. The van der Waals surface area contributed by atoms with Crippen molar-refractivity contribution >= 4 is 27.6 Å². The number of ether oxygens (including phenoxy) is 1. The van der Waals surface area contributed by atoms with Crippen LogP contribution >= 0.6 is 0 Å². The number of sulfonamides is 1. The van der Waals surface area contributed by atoms with Crippen molar-refractivity contribution in [3.8, 4) is 0 Å². The molecule has 1 amide bonds. The number of carbonyl (C=O) groups is 2. The molecule has 4 rings (SSSR count). The molecule has 2 heterocycles. The normalized spacial score (nSPS) is 21.6. The zero-order valence-electron chi connectivity index (χ0n) is 20.2. The van der Waals surface area contributed by atoms with Crippen LogP contribution in [0.3, 0.4) is 0 Å². The highest BCUT2D eigenvalue weighted by atomic mass is 32.2. The van der Waals surface area contributed by atoms with Gasteiger partial charge in [-0.15, -0.1) is 0 Å². The Morgan fingerprint density at radius 1 is 0.882 bits per heavy atom. The minimum absolute atomic E-state index is 0.194. The second-order valence-electron chi connectivity index (χ2n) is 9.78. The summed E-state index contributed by atoms with van der Waals surface area (Å²) in [6.45, 7) is 2.62. The predicted molar refractivity (Wildman–Crippen MR) is 130 cm³/mol. The number of carbonyl (C=O) groups excluding carboxylic acids is 2. The van der Waals surface area contributed by atoms with Crippen LogP contribution in [0.2, 0.25) is 0 Å². The van der Waals surface area contributed by atoms with E-state index in [2.05, 4.69) is 10.2 Å². The summed E-state index contributed by atoms with van der Waals surface area (Å²) in [5, 5.41) is 2.92. The number of piperidine rings is 2. The van der Waals surface area contributed by atoms with Crippen molar-refractivity contribution in [2.75, 3.05) is 38.2 Å². The maximum absolute atomic E-state index is 13.7. The molecule has 3 fully saturated rings. The van der Waals surface area contributed by atoms with Crippen LogP contribution in [0.1, 0.15) is 81.0 Å². The maximum atomic E-state index is 13.7. The molecule has 0 spiro atoms. The van der Waals surface area contributed by atoms with Crippen LogP contribution in [0.25, 0.3) is 0 Å². The van der Waals surface area contributed by atoms with Gasteiger partial charge in [0.2, 0.25) is 10.0 Å². The predicted octanol–water partition coefficient (Wildman–Crippen LogP) is 3.46. The second kappa shape index (κ2) is 10.6. The standard InChI is InChI=1S/C25H37N3O5S/c1-33-24(30)25(13-5-2-6-14-25)26-23(29)20-11-12-21(27-15-7-3-8-16-27)22(19-20)34(31,32)28-17-9-4-10-18-28/h11-12,19H,2-10,13-18H2,1H3,(H,26,29). The van der Waals surface area contributed by atoms with E-state index in [1.165, 1.54) is 13.2 Å². The molecule has 1 aromatic rings. The zero-order valence-corrected chi connectivity index (χ0v) is 21.0. The Hall–Kier alpha value is -2.13. The van der Waals surface area contributed by atoms with Crippen LogP contribution in [-0.2, 0) is 19.6 Å². The lowest BCUT2D eigenvalue weighted by Crippen LogP contribution is -2.56. The van der Waals surface area contributed by atoms with Gasteiger partial charge in [-0.25, -0.2) is 13.2 Å². The summed E-state index contributed by atoms with van der Waals surface area (Å²) in [6, 6.07) is 4.96. The number of hydrogen-bond donors (Lipinski definition) is 1. The number of nitrogens with zero attached hydrogens (tertiary/aromatic N) is 2. The molecule has 0 bridgehead atoms. The number of benzene rings is 1. The molecule has 0 radical (unpaired) electrons. The molecular weight excluding hydrogens is 454 g/mol. The molecule has 188 valence electrons. The largest absolute Gasteiger partial charge is 0.467 e. The van der Waals surface area contributed by atoms with Gasteiger partial charge in [-0.3, -0.25) is 4.79 Å². The third-order valence-corrected chi connectivity index (χ3v) is 9.42. The molecule has 34 heavy (non-hydrogen) atoms. The van der Waals surface area contributed by atoms with E-state index in [0.29, 0.717) is 31.6 Å². The van der Waals surface area contributed by atoms with Crippen LogP contribution in [0.15, 0.2) is 23.1 Å². The smallest absolute Gasteiger partial charge is 0.331 e. The van der Waals surface area contributed by atoms with Crippen LogP contribution in [0.5, 0.6) is 0 Å². The summed E-state index contributed by atoms with van der Waals surface area (Å²) in [4.78, 5) is 28.3. The minimum Gasteiger partial charge on any atom is -0.467 e. The maximum Gasteiger partial charge on any atom is 0.331 e. The molecule has 0 unspecified atom stereocenters. The molecule has 0 atom stereocenters. The van der Waals surface area contributed by atoms with E-state index in [4.69, 9.17) is 4.74 Å². The van der Waals surface area contributed by atoms with Crippen molar-refractivity contribution in [3.05, 3.63) is 23.8 Å². The number of nitrogens with one attached hydrogen (secondary N) is 1. The van der Waals surface area contributed by atoms with E-state index >= 15 is 0 Å². The number of hydrogen-bond acceptors (Lipinski definition) is 6. The average molecular weight is 492 g/mol. The lowest BCUT2D eigenvalue weighted by molar-refractivity contribution is -0.149. The average Bonchev–Trinajstić information content (AvgIpc) is 2.89. The van der Waals surface area contributed by atoms with Gasteiger partial charge in [-0.1, -0.05) is 25.7 Å². The quantitative estimate of drug-likeness (QED) is 0.613. The van der Waals surface area contributed by atoms with Crippen molar-refractivity contribution in [1.82, 2.24) is 9.62 Å². The van der Waals surface area contributed by atoms with Crippen molar-refractivity contribution in [3.63, 3.8) is 0 Å². The summed E-state index contributed by atoms with van der Waals surface area (Å²) < 4.78 is 34.0. The molecule has 2 saturated heterocycles. The SMILES string of the molecule is COC(=O)C1(NC(=O)c2ccc(N3CCCCC3)c(S(=O)(=O)N3CCCCC3)c2)CCCCC1. The highest BCUT2D eigenvalue weighted by molar-refractivity contribution is 7.89. The van der Waals surface area contributed by atoms with Gasteiger partial charge in [0, 0.05) is 31.7 Å². The van der Waals surface area contributed by atoms with Gasteiger partial charge in [-0.2, -0.15) is 4.31 Å². The first kappa shape index (κ1) is 25.0. The molecule has 8 nitrogen and oxygen atoms in total. The van der Waals surface area contributed by atoms with Gasteiger partial charge in [0.15, 0.2) is 0 Å². The van der Waals surface area contributed by atoms with Gasteiger partial charge in [0.1, 0.15) is 10.4 Å². The Morgan fingerprint density at radius 3 is 2.09 bits per heavy atom. The fourth-order valence-corrected chi connectivity index (χ4v) is 7.28. The third kappa shape index (κ3) is 5.10. The number of anilines is 1. The Kier molecular flexibility index (Phi) is 7.82. The van der Waals surface area contributed by atoms with Crippen LogP contribution in [-0.4, -0.2) is 63.4 Å². The molecule has 9 heteroatoms. The van der Waals surface area contributed by atoms with Gasteiger partial charge in [0.25, 0.3) is 5.91 Å². The zero-order chi connectivity index (χ0) is 24.2. The number of rotatable bonds is 6. The van der Waals surface area contributed by atoms with Gasteiger partial charge in [0.05, 0.1) is 12.8 Å². The molecule has 1 aliphatic carbocycles. The first-order valence-electron chi connectivity index (χ1n) is 12.7. The summed E-state index contributed by atoms with van der Waals surface area (Å²) in [7, 11) is -2.41. The minimum atomic E-state index is -3.75. The molecule has 0 aromatic heterocycles. The molecule has 1 N–H and O–H groups in total. The van der Waals surface area contributed by atoms with E-state index in [-0.39, 0.29) is 10.5 Å². The Bertz CT molecular complexity index is 992. The van der Waals surface area contributed by atoms with E-state index in [0.717, 1.165) is 70.9 Å². The topological polar surface area (TPSA) is 96.0 Å². The molecule has 1 aromatic carbocycles. The fraction of sp³-hybridized carbons (Fsp3) is 0.680. The van der Waals surface area contributed by atoms with Crippen LogP contribution < -0.4 is 10.2 Å². The lowest BCUT2D eigenvalue weighted by Gasteiger charge is -2.35. The van der Waals surface area contributed by atoms with Crippen molar-refractivity contribution < 1.29 is 22.7 Å². The van der Waals surface area contributed by atoms with E-state index in [9.17, 15) is 18.0 Å². The first-order chi connectivity index (χ1) is 16.4. The van der Waals surface area contributed by atoms with Crippen molar-refractivity contribution in [2.45, 2.75) is 81.1 Å². The van der Waals surface area contributed by atoms with E-state index in [1.807, 2.05) is 0 Å². The van der Waals surface area contributed by atoms with Crippen LogP contribution in [0.4, 0.5) is 5.69 Å². The molecular formula is C25H37N3O5S. The summed E-state index contributed by atoms with van der Waals surface area (Å²) in [6.07, 6.45) is 9.63. The lowest BCUT2D eigenvalue weighted by atomic mass is 9.81. The Balaban J connectivity index is 1.69. The molecule has 3 aliphatic rings. The van der Waals surface area contributed by atoms with Crippen molar-refractivity contribution in [1.29, 1.82) is 0 Å². The number of methoxy groups -OCH3 is 1. The van der Waals surface area contributed by atoms with Gasteiger partial charge >= 0.3 is 5.97 Å². The third-order valence-electron chi connectivity index (χ3n) is 7.49. The van der Waals surface area contributed by atoms with Crippen LogP contribution in [0, 0.1) is 0 Å². The van der Waals surface area contributed by atoms with E-state index < -0.39 is 27.4 Å². The monoisotopic (exact) mass is 491 g/mol. The summed E-state index contributed by atoms with van der Waals surface area (Å²) in [5.74, 6) is -0.876.